The molecule has 3 N–H and O–H groups in total. The number of nitrogens with zero attached hydrogens (tertiary/aromatic N) is 1. The molecule has 6 heteroatoms. The van der Waals surface area contributed by atoms with Crippen LogP contribution in [0.1, 0.15) is 25.7 Å². The van der Waals surface area contributed by atoms with E-state index in [0.717, 1.165) is 23.9 Å². The van der Waals surface area contributed by atoms with Crippen LogP contribution in [0.15, 0.2) is 24.3 Å². The molecule has 0 bridgehead atoms. The van der Waals surface area contributed by atoms with Crippen LogP contribution >= 0.6 is 0 Å². The Morgan fingerprint density at radius 2 is 1.90 bits per heavy atom. The van der Waals surface area contributed by atoms with Crippen LogP contribution in [0.4, 0.5) is 5.95 Å². The summed E-state index contributed by atoms with van der Waals surface area (Å²) in [5, 5.41) is 12.0. The van der Waals surface area contributed by atoms with Gasteiger partial charge in [0.25, 0.3) is 0 Å². The Labute approximate surface area is 121 Å². The van der Waals surface area contributed by atoms with Crippen molar-refractivity contribution in [3.63, 3.8) is 0 Å². The summed E-state index contributed by atoms with van der Waals surface area (Å²) < 4.78 is 0. The number of hydrogen-bond donors (Lipinski definition) is 3. The van der Waals surface area contributed by atoms with E-state index in [0.29, 0.717) is 18.8 Å². The molecule has 1 heterocycles. The molecule has 1 amide bonds. The van der Waals surface area contributed by atoms with Gasteiger partial charge in [-0.3, -0.25) is 14.9 Å². The van der Waals surface area contributed by atoms with Crippen LogP contribution in [0.2, 0.25) is 0 Å². The highest BCUT2D eigenvalue weighted by atomic mass is 16.4. The molecule has 21 heavy (non-hydrogen) atoms. The molecule has 1 aromatic carbocycles. The van der Waals surface area contributed by atoms with E-state index >= 15 is 0 Å². The Hall–Kier alpha value is -2.37. The van der Waals surface area contributed by atoms with Crippen molar-refractivity contribution in [2.75, 3.05) is 5.32 Å². The van der Waals surface area contributed by atoms with Crippen molar-refractivity contribution < 1.29 is 14.7 Å². The molecule has 1 saturated carbocycles. The zero-order valence-corrected chi connectivity index (χ0v) is 11.5. The van der Waals surface area contributed by atoms with Gasteiger partial charge >= 0.3 is 5.97 Å². The molecule has 0 spiro atoms. The number of rotatable bonds is 3. The fraction of sp³-hybridized carbons (Fsp3) is 0.400. The normalized spacial score (nSPS) is 22.1. The lowest BCUT2D eigenvalue weighted by atomic mass is 9.79. The summed E-state index contributed by atoms with van der Waals surface area (Å²) in [6.07, 6.45) is 2.93. The molecular formula is C15H17N3O3. The summed E-state index contributed by atoms with van der Waals surface area (Å²) in [4.78, 5) is 30.9. The van der Waals surface area contributed by atoms with Gasteiger partial charge in [-0.05, 0) is 25.0 Å². The summed E-state index contributed by atoms with van der Waals surface area (Å²) in [7, 11) is 0. The van der Waals surface area contributed by atoms with Crippen LogP contribution in [0, 0.1) is 11.8 Å². The summed E-state index contributed by atoms with van der Waals surface area (Å²) in [6, 6.07) is 7.48. The molecule has 0 radical (unpaired) electrons. The summed E-state index contributed by atoms with van der Waals surface area (Å²) in [6.45, 7) is 0. The molecule has 110 valence electrons. The standard InChI is InChI=1S/C15H17N3O3/c19-13(9-5-1-2-6-10(9)14(20)21)18-15-16-11-7-3-4-8-12(11)17-15/h3-4,7-10H,1-2,5-6H2,(H,20,21)(H2,16,17,18,19)/t9-,10-/m1/s1. The minimum absolute atomic E-state index is 0.263. The smallest absolute Gasteiger partial charge is 0.307 e. The molecule has 2 atom stereocenters. The molecule has 0 unspecified atom stereocenters. The van der Waals surface area contributed by atoms with E-state index in [1.165, 1.54) is 0 Å². The molecule has 3 rings (SSSR count). The average Bonchev–Trinajstić information content (AvgIpc) is 2.89. The third-order valence-corrected chi connectivity index (χ3v) is 4.05. The Bertz CT molecular complexity index is 647. The van der Waals surface area contributed by atoms with E-state index in [2.05, 4.69) is 15.3 Å². The Kier molecular flexibility index (Phi) is 3.60. The number of benzene rings is 1. The van der Waals surface area contributed by atoms with Gasteiger partial charge in [-0.1, -0.05) is 25.0 Å². The number of imidazole rings is 1. The molecule has 1 fully saturated rings. The lowest BCUT2D eigenvalue weighted by Crippen LogP contribution is -2.36. The van der Waals surface area contributed by atoms with Crippen molar-refractivity contribution >= 4 is 28.9 Å². The Balaban J connectivity index is 1.76. The maximum absolute atomic E-state index is 12.3. The lowest BCUT2D eigenvalue weighted by molar-refractivity contribution is -0.147. The van der Waals surface area contributed by atoms with E-state index < -0.39 is 17.8 Å². The second kappa shape index (κ2) is 5.55. The molecule has 1 aromatic heterocycles. The first-order chi connectivity index (χ1) is 10.1. The van der Waals surface area contributed by atoms with Gasteiger partial charge in [0.15, 0.2) is 0 Å². The maximum atomic E-state index is 12.3. The van der Waals surface area contributed by atoms with Gasteiger partial charge in [0, 0.05) is 0 Å². The minimum Gasteiger partial charge on any atom is -0.481 e. The number of fused-ring (bicyclic) bond motifs is 1. The maximum Gasteiger partial charge on any atom is 0.307 e. The molecule has 6 nitrogen and oxygen atoms in total. The summed E-state index contributed by atoms with van der Waals surface area (Å²) in [5.41, 5.74) is 1.61. The zero-order chi connectivity index (χ0) is 14.8. The molecular weight excluding hydrogens is 270 g/mol. The van der Waals surface area contributed by atoms with Gasteiger partial charge in [-0.25, -0.2) is 4.98 Å². The van der Waals surface area contributed by atoms with Gasteiger partial charge in [0.1, 0.15) is 0 Å². The average molecular weight is 287 g/mol. The van der Waals surface area contributed by atoms with E-state index in [1.54, 1.807) is 0 Å². The second-order valence-electron chi connectivity index (χ2n) is 5.43. The van der Waals surface area contributed by atoms with Crippen molar-refractivity contribution in [3.8, 4) is 0 Å². The number of carboxylic acid groups (broad SMARTS) is 1. The molecule has 2 aromatic rings. The van der Waals surface area contributed by atoms with Gasteiger partial charge < -0.3 is 10.1 Å². The van der Waals surface area contributed by atoms with Crippen LogP contribution in [0.3, 0.4) is 0 Å². The first-order valence-corrected chi connectivity index (χ1v) is 7.13. The van der Waals surface area contributed by atoms with E-state index in [9.17, 15) is 14.7 Å². The number of anilines is 1. The van der Waals surface area contributed by atoms with Crippen molar-refractivity contribution in [2.24, 2.45) is 11.8 Å². The van der Waals surface area contributed by atoms with Crippen LogP contribution in [-0.2, 0) is 9.59 Å². The number of carbonyl (C=O) groups is 2. The SMILES string of the molecule is O=C(O)[C@@H]1CCCC[C@H]1C(=O)Nc1nc2ccccc2[nH]1. The molecule has 0 aliphatic heterocycles. The number of carboxylic acids is 1. The highest BCUT2D eigenvalue weighted by Gasteiger charge is 2.35. The fourth-order valence-corrected chi connectivity index (χ4v) is 2.96. The Morgan fingerprint density at radius 1 is 1.19 bits per heavy atom. The van der Waals surface area contributed by atoms with Gasteiger partial charge in [0.05, 0.1) is 22.9 Å². The van der Waals surface area contributed by atoms with Crippen molar-refractivity contribution in [1.29, 1.82) is 0 Å². The predicted molar refractivity (Wildman–Crippen MR) is 77.8 cm³/mol. The van der Waals surface area contributed by atoms with Crippen LogP contribution in [-0.4, -0.2) is 27.0 Å². The minimum atomic E-state index is -0.889. The van der Waals surface area contributed by atoms with E-state index in [1.807, 2.05) is 24.3 Å². The number of carbonyl (C=O) groups excluding carboxylic acids is 1. The first-order valence-electron chi connectivity index (χ1n) is 7.13. The van der Waals surface area contributed by atoms with Crippen molar-refractivity contribution in [1.82, 2.24) is 9.97 Å². The number of aliphatic carboxylic acids is 1. The fourth-order valence-electron chi connectivity index (χ4n) is 2.96. The second-order valence-corrected chi connectivity index (χ2v) is 5.43. The number of aromatic nitrogens is 2. The van der Waals surface area contributed by atoms with Crippen LogP contribution < -0.4 is 5.32 Å². The monoisotopic (exact) mass is 287 g/mol. The predicted octanol–water partition coefficient (Wildman–Crippen LogP) is 2.39. The van der Waals surface area contributed by atoms with Crippen LogP contribution in [0.25, 0.3) is 11.0 Å². The number of nitrogens with one attached hydrogen (secondary N) is 2. The quantitative estimate of drug-likeness (QED) is 0.807. The lowest BCUT2D eigenvalue weighted by Gasteiger charge is -2.26. The van der Waals surface area contributed by atoms with E-state index in [-0.39, 0.29) is 5.91 Å². The third-order valence-electron chi connectivity index (χ3n) is 4.05. The van der Waals surface area contributed by atoms with E-state index in [4.69, 9.17) is 0 Å². The largest absolute Gasteiger partial charge is 0.481 e. The number of H-pyrrole nitrogens is 1. The molecule has 1 aliphatic rings. The van der Waals surface area contributed by atoms with Gasteiger partial charge in [-0.15, -0.1) is 0 Å². The van der Waals surface area contributed by atoms with Crippen molar-refractivity contribution in [3.05, 3.63) is 24.3 Å². The highest BCUT2D eigenvalue weighted by molar-refractivity contribution is 5.95. The third kappa shape index (κ3) is 2.74. The van der Waals surface area contributed by atoms with Gasteiger partial charge in [-0.2, -0.15) is 0 Å². The topological polar surface area (TPSA) is 95.1 Å². The van der Waals surface area contributed by atoms with Gasteiger partial charge in [0.2, 0.25) is 11.9 Å². The summed E-state index contributed by atoms with van der Waals surface area (Å²) >= 11 is 0. The number of amides is 1. The molecule has 1 aliphatic carbocycles. The summed E-state index contributed by atoms with van der Waals surface area (Å²) in [5.74, 6) is -1.86. The zero-order valence-electron chi connectivity index (χ0n) is 11.5. The molecule has 0 saturated heterocycles. The highest BCUT2D eigenvalue weighted by Crippen LogP contribution is 2.31. The van der Waals surface area contributed by atoms with Crippen LogP contribution in [0.5, 0.6) is 0 Å². The Morgan fingerprint density at radius 3 is 2.62 bits per heavy atom. The van der Waals surface area contributed by atoms with Crippen molar-refractivity contribution in [2.45, 2.75) is 25.7 Å². The number of hydrogen-bond acceptors (Lipinski definition) is 3. The first kappa shape index (κ1) is 13.6. The number of aromatic amines is 1. The number of para-hydroxylation sites is 2.